The molecule has 1 aromatic rings. The Bertz CT molecular complexity index is 343. The molecular formula is C10H14N2O4. The summed E-state index contributed by atoms with van der Waals surface area (Å²) in [5, 5.41) is 10.6. The van der Waals surface area contributed by atoms with Gasteiger partial charge in [-0.05, 0) is 6.07 Å². The molecule has 2 N–H and O–H groups in total. The van der Waals surface area contributed by atoms with Crippen LogP contribution in [0.15, 0.2) is 24.3 Å². The summed E-state index contributed by atoms with van der Waals surface area (Å²) in [5.74, 6) is 0.254. The van der Waals surface area contributed by atoms with Gasteiger partial charge in [-0.2, -0.15) is 0 Å². The van der Waals surface area contributed by atoms with Crippen LogP contribution in [0.3, 0.4) is 0 Å². The maximum atomic E-state index is 10.6. The number of nitrogens with zero attached hydrogens (tertiary/aromatic N) is 1. The molecule has 0 atom stereocenters. The third kappa shape index (κ3) is 3.84. The maximum absolute atomic E-state index is 10.6. The predicted molar refractivity (Wildman–Crippen MR) is 58.5 cm³/mol. The lowest BCUT2D eigenvalue weighted by Crippen LogP contribution is -2.13. The first kappa shape index (κ1) is 12.4. The van der Waals surface area contributed by atoms with Gasteiger partial charge in [-0.15, -0.1) is 0 Å². The van der Waals surface area contributed by atoms with Crippen LogP contribution in [0.2, 0.25) is 0 Å². The summed E-state index contributed by atoms with van der Waals surface area (Å²) in [7, 11) is 0. The first-order chi connectivity index (χ1) is 7.75. The summed E-state index contributed by atoms with van der Waals surface area (Å²) in [4.78, 5) is 10.2. The van der Waals surface area contributed by atoms with E-state index in [9.17, 15) is 10.1 Å². The monoisotopic (exact) mass is 226 g/mol. The molecule has 0 bridgehead atoms. The van der Waals surface area contributed by atoms with Crippen LogP contribution in [0.25, 0.3) is 0 Å². The van der Waals surface area contributed by atoms with Crippen LogP contribution >= 0.6 is 0 Å². The molecule has 0 spiro atoms. The number of rotatable bonds is 7. The molecule has 0 heterocycles. The molecule has 0 saturated carbocycles. The van der Waals surface area contributed by atoms with Gasteiger partial charge in [0, 0.05) is 12.6 Å². The first-order valence-corrected chi connectivity index (χ1v) is 4.89. The van der Waals surface area contributed by atoms with Gasteiger partial charge in [-0.3, -0.25) is 10.1 Å². The smallest absolute Gasteiger partial charge is 0.310 e. The maximum Gasteiger partial charge on any atom is 0.310 e. The number of nitro benzene ring substituents is 1. The van der Waals surface area contributed by atoms with E-state index in [-0.39, 0.29) is 18.0 Å². The van der Waals surface area contributed by atoms with Crippen molar-refractivity contribution >= 4 is 5.69 Å². The highest BCUT2D eigenvalue weighted by Gasteiger charge is 2.12. The van der Waals surface area contributed by atoms with Gasteiger partial charge in [0.05, 0.1) is 18.1 Å². The standard InChI is InChI=1S/C10H14N2O4/c11-5-6-15-7-8-16-10-4-2-1-3-9(10)12(13)14/h1-4H,5-8,11H2. The van der Waals surface area contributed by atoms with Crippen molar-refractivity contribution in [1.29, 1.82) is 0 Å². The summed E-state index contributed by atoms with van der Waals surface area (Å²) in [6, 6.07) is 6.23. The second kappa shape index (κ2) is 6.76. The topological polar surface area (TPSA) is 87.6 Å². The Balaban J connectivity index is 2.44. The number of benzene rings is 1. The van der Waals surface area contributed by atoms with E-state index in [0.29, 0.717) is 19.8 Å². The molecule has 16 heavy (non-hydrogen) atoms. The molecule has 1 rings (SSSR count). The zero-order chi connectivity index (χ0) is 11.8. The lowest BCUT2D eigenvalue weighted by atomic mass is 10.3. The van der Waals surface area contributed by atoms with Gasteiger partial charge in [-0.1, -0.05) is 12.1 Å². The molecule has 1 aromatic carbocycles. The van der Waals surface area contributed by atoms with E-state index in [1.54, 1.807) is 18.2 Å². The molecule has 6 heteroatoms. The Labute approximate surface area is 93.1 Å². The Hall–Kier alpha value is -1.66. The summed E-state index contributed by atoms with van der Waals surface area (Å²) in [6.07, 6.45) is 0. The molecule has 0 aliphatic carbocycles. The van der Waals surface area contributed by atoms with Crippen LogP contribution in [-0.4, -0.2) is 31.3 Å². The first-order valence-electron chi connectivity index (χ1n) is 4.89. The lowest BCUT2D eigenvalue weighted by molar-refractivity contribution is -0.385. The van der Waals surface area contributed by atoms with E-state index in [4.69, 9.17) is 15.2 Å². The molecule has 6 nitrogen and oxygen atoms in total. The second-order valence-corrected chi connectivity index (χ2v) is 2.97. The predicted octanol–water partition coefficient (Wildman–Crippen LogP) is 0.949. The molecule has 88 valence electrons. The Morgan fingerprint density at radius 3 is 2.69 bits per heavy atom. The molecular weight excluding hydrogens is 212 g/mol. The summed E-state index contributed by atoms with van der Waals surface area (Å²) < 4.78 is 10.3. The minimum absolute atomic E-state index is 0.0404. The van der Waals surface area contributed by atoms with Gasteiger partial charge < -0.3 is 15.2 Å². The number of para-hydroxylation sites is 2. The van der Waals surface area contributed by atoms with Crippen molar-refractivity contribution < 1.29 is 14.4 Å². The molecule has 0 unspecified atom stereocenters. The van der Waals surface area contributed by atoms with Crippen molar-refractivity contribution in [2.45, 2.75) is 0 Å². The van der Waals surface area contributed by atoms with E-state index in [1.165, 1.54) is 6.07 Å². The molecule has 0 aliphatic heterocycles. The summed E-state index contributed by atoms with van der Waals surface area (Å²) >= 11 is 0. The summed E-state index contributed by atoms with van der Waals surface area (Å²) in [5.41, 5.74) is 5.19. The number of hydrogen-bond acceptors (Lipinski definition) is 5. The van der Waals surface area contributed by atoms with Crippen molar-refractivity contribution in [3.63, 3.8) is 0 Å². The van der Waals surface area contributed by atoms with Crippen molar-refractivity contribution in [3.8, 4) is 5.75 Å². The van der Waals surface area contributed by atoms with Crippen molar-refractivity contribution in [2.75, 3.05) is 26.4 Å². The van der Waals surface area contributed by atoms with Gasteiger partial charge in [0.1, 0.15) is 6.61 Å². The highest BCUT2D eigenvalue weighted by molar-refractivity contribution is 5.45. The zero-order valence-corrected chi connectivity index (χ0v) is 8.80. The molecule has 0 saturated heterocycles. The van der Waals surface area contributed by atoms with Crippen molar-refractivity contribution in [1.82, 2.24) is 0 Å². The average Bonchev–Trinajstić information content (AvgIpc) is 2.29. The van der Waals surface area contributed by atoms with E-state index in [0.717, 1.165) is 0 Å². The third-order valence-corrected chi connectivity index (χ3v) is 1.81. The van der Waals surface area contributed by atoms with Gasteiger partial charge >= 0.3 is 5.69 Å². The Morgan fingerprint density at radius 2 is 2.00 bits per heavy atom. The fraction of sp³-hybridized carbons (Fsp3) is 0.400. The van der Waals surface area contributed by atoms with E-state index in [2.05, 4.69) is 0 Å². The molecule has 0 aromatic heterocycles. The SMILES string of the molecule is NCCOCCOc1ccccc1[N+](=O)[O-]. The van der Waals surface area contributed by atoms with Gasteiger partial charge in [-0.25, -0.2) is 0 Å². The Morgan fingerprint density at radius 1 is 1.25 bits per heavy atom. The van der Waals surface area contributed by atoms with Crippen LogP contribution in [0.1, 0.15) is 0 Å². The van der Waals surface area contributed by atoms with E-state index >= 15 is 0 Å². The molecule has 0 radical (unpaired) electrons. The highest BCUT2D eigenvalue weighted by atomic mass is 16.6. The minimum atomic E-state index is -0.476. The summed E-state index contributed by atoms with van der Waals surface area (Å²) in [6.45, 7) is 1.54. The number of nitro groups is 1. The van der Waals surface area contributed by atoms with Gasteiger partial charge in [0.25, 0.3) is 0 Å². The lowest BCUT2D eigenvalue weighted by Gasteiger charge is -2.06. The van der Waals surface area contributed by atoms with E-state index in [1.807, 2.05) is 0 Å². The Kier molecular flexibility index (Phi) is 5.24. The van der Waals surface area contributed by atoms with Gasteiger partial charge in [0.2, 0.25) is 0 Å². The van der Waals surface area contributed by atoms with Crippen LogP contribution in [0.4, 0.5) is 5.69 Å². The number of ether oxygens (including phenoxy) is 2. The van der Waals surface area contributed by atoms with Crippen LogP contribution in [0, 0.1) is 10.1 Å². The van der Waals surface area contributed by atoms with Crippen molar-refractivity contribution in [3.05, 3.63) is 34.4 Å². The highest BCUT2D eigenvalue weighted by Crippen LogP contribution is 2.25. The molecule has 0 aliphatic rings. The number of nitrogens with two attached hydrogens (primary N) is 1. The minimum Gasteiger partial charge on any atom is -0.484 e. The second-order valence-electron chi connectivity index (χ2n) is 2.97. The van der Waals surface area contributed by atoms with Crippen LogP contribution in [0.5, 0.6) is 5.75 Å². The fourth-order valence-corrected chi connectivity index (χ4v) is 1.13. The van der Waals surface area contributed by atoms with Crippen molar-refractivity contribution in [2.24, 2.45) is 5.73 Å². The molecule has 0 amide bonds. The average molecular weight is 226 g/mol. The van der Waals surface area contributed by atoms with Crippen LogP contribution in [-0.2, 0) is 4.74 Å². The largest absolute Gasteiger partial charge is 0.484 e. The van der Waals surface area contributed by atoms with Gasteiger partial charge in [0.15, 0.2) is 5.75 Å². The quantitative estimate of drug-likeness (QED) is 0.425. The normalized spacial score (nSPS) is 10.1. The molecule has 0 fully saturated rings. The van der Waals surface area contributed by atoms with Crippen LogP contribution < -0.4 is 10.5 Å². The fourth-order valence-electron chi connectivity index (χ4n) is 1.13. The zero-order valence-electron chi connectivity index (χ0n) is 8.80. The third-order valence-electron chi connectivity index (χ3n) is 1.81. The number of hydrogen-bond donors (Lipinski definition) is 1. The van der Waals surface area contributed by atoms with E-state index < -0.39 is 4.92 Å².